The lowest BCUT2D eigenvalue weighted by molar-refractivity contribution is -0.133. The van der Waals surface area contributed by atoms with E-state index in [4.69, 9.17) is 5.73 Å². The average Bonchev–Trinajstić information content (AvgIpc) is 2.30. The van der Waals surface area contributed by atoms with Crippen LogP contribution in [0.5, 0.6) is 0 Å². The maximum atomic E-state index is 11.9. The lowest BCUT2D eigenvalue weighted by atomic mass is 9.96. The Morgan fingerprint density at radius 2 is 2.44 bits per heavy atom. The molecule has 2 rings (SSSR count). The van der Waals surface area contributed by atoms with E-state index >= 15 is 0 Å². The molecule has 1 aromatic heterocycles. The first-order valence-electron chi connectivity index (χ1n) is 5.13. The summed E-state index contributed by atoms with van der Waals surface area (Å²) in [7, 11) is 0. The van der Waals surface area contributed by atoms with Crippen LogP contribution in [0.15, 0.2) is 18.3 Å². The molecule has 1 aliphatic rings. The lowest BCUT2D eigenvalue weighted by Crippen LogP contribution is -2.46. The van der Waals surface area contributed by atoms with Gasteiger partial charge in [-0.15, -0.1) is 0 Å². The van der Waals surface area contributed by atoms with E-state index in [0.717, 1.165) is 6.42 Å². The van der Waals surface area contributed by atoms with Crippen LogP contribution in [0.1, 0.15) is 12.8 Å². The molecule has 0 aromatic carbocycles. The van der Waals surface area contributed by atoms with Crippen molar-refractivity contribution in [1.82, 2.24) is 4.98 Å². The van der Waals surface area contributed by atoms with Crippen LogP contribution in [-0.4, -0.2) is 23.3 Å². The molecule has 16 heavy (non-hydrogen) atoms. The number of carbonyl (C=O) groups excluding carboxylic acids is 2. The fourth-order valence-electron chi connectivity index (χ4n) is 1.84. The van der Waals surface area contributed by atoms with Gasteiger partial charge in [0, 0.05) is 18.8 Å². The van der Waals surface area contributed by atoms with Gasteiger partial charge in [-0.2, -0.15) is 0 Å². The van der Waals surface area contributed by atoms with Crippen molar-refractivity contribution in [2.45, 2.75) is 12.8 Å². The number of anilines is 1. The van der Waals surface area contributed by atoms with Gasteiger partial charge in [-0.05, 0) is 25.0 Å². The summed E-state index contributed by atoms with van der Waals surface area (Å²) in [5.74, 6) is -0.968. The SMILES string of the molecule is NC(=O)C1CCCN(c2cc[c]cn2)C1=O. The third-order valence-corrected chi connectivity index (χ3v) is 2.66. The normalized spacial score (nSPS) is 20.9. The average molecular weight is 218 g/mol. The zero-order valence-corrected chi connectivity index (χ0v) is 8.72. The molecule has 1 fully saturated rings. The van der Waals surface area contributed by atoms with Crippen LogP contribution in [0.3, 0.4) is 0 Å². The molecule has 0 bridgehead atoms. The molecule has 5 nitrogen and oxygen atoms in total. The van der Waals surface area contributed by atoms with Gasteiger partial charge in [-0.3, -0.25) is 14.5 Å². The Morgan fingerprint density at radius 3 is 3.06 bits per heavy atom. The summed E-state index contributed by atoms with van der Waals surface area (Å²) < 4.78 is 0. The Morgan fingerprint density at radius 1 is 1.62 bits per heavy atom. The second-order valence-electron chi connectivity index (χ2n) is 3.70. The third kappa shape index (κ3) is 1.88. The molecule has 0 saturated carbocycles. The smallest absolute Gasteiger partial charge is 0.240 e. The summed E-state index contributed by atoms with van der Waals surface area (Å²) in [5.41, 5.74) is 5.18. The molecule has 1 saturated heterocycles. The molecule has 1 atom stereocenters. The van der Waals surface area contributed by atoms with Gasteiger partial charge in [0.25, 0.3) is 0 Å². The monoisotopic (exact) mass is 218 g/mol. The van der Waals surface area contributed by atoms with Crippen molar-refractivity contribution in [3.8, 4) is 0 Å². The van der Waals surface area contributed by atoms with Gasteiger partial charge < -0.3 is 5.73 Å². The summed E-state index contributed by atoms with van der Waals surface area (Å²) in [5, 5.41) is 0. The van der Waals surface area contributed by atoms with Crippen LogP contribution in [-0.2, 0) is 9.59 Å². The number of hydrogen-bond donors (Lipinski definition) is 1. The molecule has 83 valence electrons. The zero-order valence-electron chi connectivity index (χ0n) is 8.72. The molecular weight excluding hydrogens is 206 g/mol. The quantitative estimate of drug-likeness (QED) is 0.716. The number of aromatic nitrogens is 1. The van der Waals surface area contributed by atoms with Crippen molar-refractivity contribution in [3.05, 3.63) is 24.4 Å². The molecule has 1 aliphatic heterocycles. The number of piperidine rings is 1. The van der Waals surface area contributed by atoms with E-state index in [0.29, 0.717) is 18.8 Å². The molecule has 1 aromatic rings. The number of nitrogens with two attached hydrogens (primary N) is 1. The summed E-state index contributed by atoms with van der Waals surface area (Å²) in [4.78, 5) is 28.6. The Hall–Kier alpha value is -1.91. The van der Waals surface area contributed by atoms with Gasteiger partial charge >= 0.3 is 0 Å². The van der Waals surface area contributed by atoms with E-state index < -0.39 is 11.8 Å². The highest BCUT2D eigenvalue weighted by atomic mass is 16.2. The van der Waals surface area contributed by atoms with Crippen molar-refractivity contribution in [3.63, 3.8) is 0 Å². The summed E-state index contributed by atoms with van der Waals surface area (Å²) in [6, 6.07) is 6.16. The first-order valence-corrected chi connectivity index (χ1v) is 5.13. The molecule has 2 amide bonds. The minimum absolute atomic E-state index is 0.252. The first-order chi connectivity index (χ1) is 7.70. The number of hydrogen-bond acceptors (Lipinski definition) is 3. The largest absolute Gasteiger partial charge is 0.369 e. The van der Waals surface area contributed by atoms with Gasteiger partial charge in [0.15, 0.2) is 0 Å². The van der Waals surface area contributed by atoms with E-state index in [2.05, 4.69) is 11.1 Å². The highest BCUT2D eigenvalue weighted by Crippen LogP contribution is 2.22. The number of pyridine rings is 1. The fraction of sp³-hybridized carbons (Fsp3) is 0.364. The highest BCUT2D eigenvalue weighted by Gasteiger charge is 2.33. The minimum atomic E-state index is -0.709. The summed E-state index contributed by atoms with van der Waals surface area (Å²) >= 11 is 0. The van der Waals surface area contributed by atoms with Crippen molar-refractivity contribution < 1.29 is 9.59 Å². The summed E-state index contributed by atoms with van der Waals surface area (Å²) in [6.45, 7) is 0.583. The lowest BCUT2D eigenvalue weighted by Gasteiger charge is -2.29. The molecular formula is C11H12N3O2. The Labute approximate surface area is 93.3 Å². The number of amides is 2. The van der Waals surface area contributed by atoms with E-state index in [1.165, 1.54) is 11.1 Å². The highest BCUT2D eigenvalue weighted by molar-refractivity contribution is 6.07. The second-order valence-corrected chi connectivity index (χ2v) is 3.70. The topological polar surface area (TPSA) is 76.3 Å². The predicted octanol–water partition coefficient (Wildman–Crippen LogP) is 0.110. The van der Waals surface area contributed by atoms with Crippen LogP contribution >= 0.6 is 0 Å². The molecule has 1 unspecified atom stereocenters. The molecule has 2 heterocycles. The van der Waals surface area contributed by atoms with Gasteiger partial charge in [0.2, 0.25) is 11.8 Å². The van der Waals surface area contributed by atoms with E-state index in [9.17, 15) is 9.59 Å². The number of primary amides is 1. The first kappa shape index (κ1) is 10.6. The molecule has 0 spiro atoms. The van der Waals surface area contributed by atoms with Crippen LogP contribution < -0.4 is 10.6 Å². The fourth-order valence-corrected chi connectivity index (χ4v) is 1.84. The van der Waals surface area contributed by atoms with Crippen LogP contribution in [0.4, 0.5) is 5.82 Å². The number of rotatable bonds is 2. The van der Waals surface area contributed by atoms with Crippen molar-refractivity contribution in [1.29, 1.82) is 0 Å². The molecule has 5 heteroatoms. The number of carbonyl (C=O) groups is 2. The summed E-state index contributed by atoms with van der Waals surface area (Å²) in [6.07, 6.45) is 2.79. The number of nitrogens with zero attached hydrogens (tertiary/aromatic N) is 2. The Bertz CT molecular complexity index is 405. The van der Waals surface area contributed by atoms with Gasteiger partial charge in [0.05, 0.1) is 0 Å². The predicted molar refractivity (Wildman–Crippen MR) is 57.3 cm³/mol. The van der Waals surface area contributed by atoms with Crippen LogP contribution in [0, 0.1) is 12.0 Å². The maximum absolute atomic E-state index is 11.9. The van der Waals surface area contributed by atoms with Crippen molar-refractivity contribution in [2.24, 2.45) is 11.7 Å². The second kappa shape index (κ2) is 4.30. The molecule has 0 aliphatic carbocycles. The van der Waals surface area contributed by atoms with Crippen LogP contribution in [0.25, 0.3) is 0 Å². The van der Waals surface area contributed by atoms with Gasteiger partial charge in [-0.1, -0.05) is 0 Å². The van der Waals surface area contributed by atoms with Gasteiger partial charge in [-0.25, -0.2) is 4.98 Å². The molecule has 1 radical (unpaired) electrons. The maximum Gasteiger partial charge on any atom is 0.240 e. The van der Waals surface area contributed by atoms with Crippen molar-refractivity contribution in [2.75, 3.05) is 11.4 Å². The zero-order chi connectivity index (χ0) is 11.5. The third-order valence-electron chi connectivity index (χ3n) is 2.66. The van der Waals surface area contributed by atoms with E-state index in [-0.39, 0.29) is 5.91 Å². The minimum Gasteiger partial charge on any atom is -0.369 e. The Kier molecular flexibility index (Phi) is 2.85. The van der Waals surface area contributed by atoms with Crippen molar-refractivity contribution >= 4 is 17.6 Å². The van der Waals surface area contributed by atoms with E-state index in [1.807, 2.05) is 0 Å². The van der Waals surface area contributed by atoms with Gasteiger partial charge in [0.1, 0.15) is 11.7 Å². The Balaban J connectivity index is 2.23. The standard InChI is InChI=1S/C11H12N3O2/c12-10(15)8-4-3-7-14(11(8)16)9-5-1-2-6-13-9/h1,5-6,8H,3-4,7H2,(H2,12,15). The molecule has 2 N–H and O–H groups in total. The van der Waals surface area contributed by atoms with E-state index in [1.54, 1.807) is 12.1 Å². The van der Waals surface area contributed by atoms with Crippen LogP contribution in [0.2, 0.25) is 0 Å².